The van der Waals surface area contributed by atoms with Crippen LogP contribution in [-0.2, 0) is 4.74 Å². The minimum absolute atomic E-state index is 0.263. The van der Waals surface area contributed by atoms with Crippen LogP contribution in [0.25, 0.3) is 11.1 Å². The summed E-state index contributed by atoms with van der Waals surface area (Å²) in [6.07, 6.45) is 2.18. The Balaban J connectivity index is 1.85. The van der Waals surface area contributed by atoms with E-state index in [-0.39, 0.29) is 5.82 Å². The van der Waals surface area contributed by atoms with Crippen molar-refractivity contribution < 1.29 is 9.13 Å². The lowest BCUT2D eigenvalue weighted by Gasteiger charge is -2.36. The van der Waals surface area contributed by atoms with Crippen molar-refractivity contribution in [2.75, 3.05) is 23.8 Å². The van der Waals surface area contributed by atoms with Gasteiger partial charge in [-0.05, 0) is 31.9 Å². The molecule has 4 rings (SSSR count). The number of nitrogens with two attached hydrogens (primary N) is 1. The SMILES string of the molecule is Cc1cc(-c2ccccc2F)c(N)c(N2[C@@H]3CC[C@H]2COC3)n1. The highest BCUT2D eigenvalue weighted by atomic mass is 19.1. The van der Waals surface area contributed by atoms with Crippen LogP contribution >= 0.6 is 0 Å². The molecule has 2 aliphatic heterocycles. The van der Waals surface area contributed by atoms with Crippen molar-refractivity contribution in [2.24, 2.45) is 0 Å². The summed E-state index contributed by atoms with van der Waals surface area (Å²) in [6.45, 7) is 3.34. The van der Waals surface area contributed by atoms with E-state index in [1.54, 1.807) is 12.1 Å². The fourth-order valence-corrected chi connectivity index (χ4v) is 3.74. The topological polar surface area (TPSA) is 51.4 Å². The molecule has 0 aliphatic carbocycles. The summed E-state index contributed by atoms with van der Waals surface area (Å²) < 4.78 is 19.9. The second kappa shape index (κ2) is 5.49. The van der Waals surface area contributed by atoms with Crippen LogP contribution in [0.1, 0.15) is 18.5 Å². The van der Waals surface area contributed by atoms with Crippen molar-refractivity contribution >= 4 is 11.5 Å². The predicted molar refractivity (Wildman–Crippen MR) is 88.9 cm³/mol. The number of nitrogens with zero attached hydrogens (tertiary/aromatic N) is 2. The fourth-order valence-electron chi connectivity index (χ4n) is 3.74. The fraction of sp³-hybridized carbons (Fsp3) is 0.389. The number of halogens is 1. The standard InChI is InChI=1S/C18H20FN3O/c1-11-8-15(14-4-2-3-5-16(14)19)17(20)18(21-11)22-12-6-7-13(22)10-23-9-12/h2-5,8,12-13H,6-7,9-10,20H2,1H3/t12-,13+. The molecule has 2 N–H and O–H groups in total. The molecule has 4 nitrogen and oxygen atoms in total. The van der Waals surface area contributed by atoms with E-state index in [9.17, 15) is 4.39 Å². The highest BCUT2D eigenvalue weighted by molar-refractivity contribution is 5.85. The number of pyridine rings is 1. The Morgan fingerprint density at radius 1 is 1.17 bits per heavy atom. The first-order chi connectivity index (χ1) is 11.1. The number of fused-ring (bicyclic) bond motifs is 2. The lowest BCUT2D eigenvalue weighted by molar-refractivity contribution is 0.0903. The van der Waals surface area contributed by atoms with E-state index >= 15 is 0 Å². The zero-order valence-electron chi connectivity index (χ0n) is 13.1. The molecule has 0 unspecified atom stereocenters. The van der Waals surface area contributed by atoms with Crippen molar-refractivity contribution in [3.8, 4) is 11.1 Å². The molecule has 5 heteroatoms. The molecule has 2 aliphatic rings. The summed E-state index contributed by atoms with van der Waals surface area (Å²) in [6, 6.07) is 9.23. The summed E-state index contributed by atoms with van der Waals surface area (Å²) in [5.74, 6) is 0.514. The predicted octanol–water partition coefficient (Wildman–Crippen LogP) is 3.15. The van der Waals surface area contributed by atoms with Crippen LogP contribution in [0.2, 0.25) is 0 Å². The first kappa shape index (κ1) is 14.5. The number of benzene rings is 1. The third kappa shape index (κ3) is 2.36. The number of hydrogen-bond acceptors (Lipinski definition) is 4. The highest BCUT2D eigenvalue weighted by Gasteiger charge is 2.39. The van der Waals surface area contributed by atoms with Crippen LogP contribution in [0, 0.1) is 12.7 Å². The van der Waals surface area contributed by atoms with Crippen molar-refractivity contribution in [2.45, 2.75) is 31.8 Å². The van der Waals surface area contributed by atoms with Crippen LogP contribution in [0.4, 0.5) is 15.9 Å². The van der Waals surface area contributed by atoms with Crippen molar-refractivity contribution in [3.05, 3.63) is 41.8 Å². The molecule has 0 saturated carbocycles. The van der Waals surface area contributed by atoms with Gasteiger partial charge in [-0.15, -0.1) is 0 Å². The maximum Gasteiger partial charge on any atom is 0.153 e. The summed E-state index contributed by atoms with van der Waals surface area (Å²) in [5, 5.41) is 0. The Morgan fingerprint density at radius 2 is 1.87 bits per heavy atom. The summed E-state index contributed by atoms with van der Waals surface area (Å²) in [7, 11) is 0. The maximum absolute atomic E-state index is 14.2. The van der Waals surface area contributed by atoms with Crippen molar-refractivity contribution in [3.63, 3.8) is 0 Å². The number of hydrogen-bond donors (Lipinski definition) is 1. The van der Waals surface area contributed by atoms with Crippen molar-refractivity contribution in [1.29, 1.82) is 0 Å². The average Bonchev–Trinajstić information content (AvgIpc) is 2.78. The van der Waals surface area contributed by atoms with E-state index in [0.29, 0.717) is 36.5 Å². The Hall–Kier alpha value is -2.14. The minimum Gasteiger partial charge on any atom is -0.395 e. The molecule has 23 heavy (non-hydrogen) atoms. The highest BCUT2D eigenvalue weighted by Crippen LogP contribution is 2.40. The third-order valence-electron chi connectivity index (χ3n) is 4.82. The minimum atomic E-state index is -0.263. The first-order valence-corrected chi connectivity index (χ1v) is 8.03. The van der Waals surface area contributed by atoms with Gasteiger partial charge in [-0.2, -0.15) is 0 Å². The van der Waals surface area contributed by atoms with E-state index in [0.717, 1.165) is 29.9 Å². The Morgan fingerprint density at radius 3 is 2.57 bits per heavy atom. The van der Waals surface area contributed by atoms with Crippen LogP contribution in [0.15, 0.2) is 30.3 Å². The molecular formula is C18H20FN3O. The number of aromatic nitrogens is 1. The molecule has 1 aromatic heterocycles. The summed E-state index contributed by atoms with van der Waals surface area (Å²) in [4.78, 5) is 6.96. The van der Waals surface area contributed by atoms with Gasteiger partial charge in [-0.3, -0.25) is 0 Å². The summed E-state index contributed by atoms with van der Waals surface area (Å²) in [5.41, 5.74) is 9.07. The van der Waals surface area contributed by atoms with E-state index in [1.165, 1.54) is 6.07 Å². The van der Waals surface area contributed by atoms with Gasteiger partial charge in [0.1, 0.15) is 5.82 Å². The molecule has 120 valence electrons. The largest absolute Gasteiger partial charge is 0.395 e. The normalized spacial score (nSPS) is 23.3. The smallest absolute Gasteiger partial charge is 0.153 e. The molecule has 2 fully saturated rings. The van der Waals surface area contributed by atoms with Crippen LogP contribution < -0.4 is 10.6 Å². The molecule has 0 spiro atoms. The number of rotatable bonds is 2. The van der Waals surface area contributed by atoms with Gasteiger partial charge in [-0.1, -0.05) is 18.2 Å². The second-order valence-electron chi connectivity index (χ2n) is 6.36. The van der Waals surface area contributed by atoms with Gasteiger partial charge < -0.3 is 15.4 Å². The van der Waals surface area contributed by atoms with Gasteiger partial charge in [0, 0.05) is 16.8 Å². The molecule has 3 heterocycles. The number of ether oxygens (including phenoxy) is 1. The first-order valence-electron chi connectivity index (χ1n) is 8.03. The monoisotopic (exact) mass is 313 g/mol. The van der Waals surface area contributed by atoms with Gasteiger partial charge in [-0.25, -0.2) is 9.37 Å². The van der Waals surface area contributed by atoms with Crippen LogP contribution in [-0.4, -0.2) is 30.3 Å². The second-order valence-corrected chi connectivity index (χ2v) is 6.36. The third-order valence-corrected chi connectivity index (χ3v) is 4.82. The van der Waals surface area contributed by atoms with Gasteiger partial charge >= 0.3 is 0 Å². The molecule has 2 bridgehead atoms. The molecule has 1 aromatic carbocycles. The number of aryl methyl sites for hydroxylation is 1. The van der Waals surface area contributed by atoms with Crippen LogP contribution in [0.5, 0.6) is 0 Å². The Kier molecular flexibility index (Phi) is 3.45. The van der Waals surface area contributed by atoms with Crippen LogP contribution in [0.3, 0.4) is 0 Å². The summed E-state index contributed by atoms with van der Waals surface area (Å²) >= 11 is 0. The van der Waals surface area contributed by atoms with E-state index in [4.69, 9.17) is 10.5 Å². The number of nitrogen functional groups attached to an aromatic ring is 1. The van der Waals surface area contributed by atoms with Gasteiger partial charge in [0.25, 0.3) is 0 Å². The quantitative estimate of drug-likeness (QED) is 0.925. The molecule has 0 amide bonds. The molecular weight excluding hydrogens is 293 g/mol. The lowest BCUT2D eigenvalue weighted by atomic mass is 10.0. The zero-order chi connectivity index (χ0) is 16.0. The molecule has 2 atom stereocenters. The van der Waals surface area contributed by atoms with Gasteiger partial charge in [0.05, 0.1) is 31.0 Å². The molecule has 2 aromatic rings. The van der Waals surface area contributed by atoms with Crippen molar-refractivity contribution in [1.82, 2.24) is 4.98 Å². The maximum atomic E-state index is 14.2. The molecule has 2 saturated heterocycles. The van der Waals surface area contributed by atoms with Gasteiger partial charge in [0.2, 0.25) is 0 Å². The van der Waals surface area contributed by atoms with Gasteiger partial charge in [0.15, 0.2) is 5.82 Å². The van der Waals surface area contributed by atoms with E-state index in [2.05, 4.69) is 9.88 Å². The number of morpholine rings is 1. The lowest BCUT2D eigenvalue weighted by Crippen LogP contribution is -2.46. The molecule has 0 radical (unpaired) electrons. The van der Waals surface area contributed by atoms with E-state index in [1.807, 2.05) is 19.1 Å². The Labute approximate surface area is 135 Å². The van der Waals surface area contributed by atoms with E-state index < -0.39 is 0 Å². The number of anilines is 2. The Bertz CT molecular complexity index is 733. The average molecular weight is 313 g/mol. The zero-order valence-corrected chi connectivity index (χ0v) is 13.1.